The van der Waals surface area contributed by atoms with Crippen molar-refractivity contribution in [3.8, 4) is 0 Å². The van der Waals surface area contributed by atoms with E-state index in [1.807, 2.05) is 6.20 Å². The number of quaternary nitrogens is 1. The number of hydrogen-bond donors (Lipinski definition) is 1. The van der Waals surface area contributed by atoms with Crippen LogP contribution in [0.5, 0.6) is 0 Å². The number of halogens is 2. The van der Waals surface area contributed by atoms with Crippen molar-refractivity contribution in [3.63, 3.8) is 0 Å². The second-order valence-electron chi connectivity index (χ2n) is 3.66. The maximum absolute atomic E-state index is 11.6. The maximum Gasteiger partial charge on any atom is 0.280 e. The Morgan fingerprint density at radius 1 is 1.44 bits per heavy atom. The van der Waals surface area contributed by atoms with E-state index in [0.29, 0.717) is 13.1 Å². The highest BCUT2D eigenvalue weighted by atomic mass is 35.5. The molecule has 0 spiro atoms. The molecule has 1 heterocycles. The summed E-state index contributed by atoms with van der Waals surface area (Å²) >= 11 is 12.2. The summed E-state index contributed by atoms with van der Waals surface area (Å²) in [6.45, 7) is 8.33. The number of alkyl halides is 2. The SMILES string of the molecule is C=CCNC(=O)C[N+]1(CC=C)C=CC1(Cl)Cl. The molecule has 0 bridgehead atoms. The molecule has 1 N–H and O–H groups in total. The van der Waals surface area contributed by atoms with Crippen LogP contribution < -0.4 is 5.32 Å². The molecule has 1 atom stereocenters. The lowest BCUT2D eigenvalue weighted by atomic mass is 10.2. The molecule has 0 aromatic rings. The molecule has 16 heavy (non-hydrogen) atoms. The predicted octanol–water partition coefficient (Wildman–Crippen LogP) is 1.95. The van der Waals surface area contributed by atoms with Gasteiger partial charge in [0.15, 0.2) is 6.54 Å². The third-order valence-electron chi connectivity index (χ3n) is 2.48. The highest BCUT2D eigenvalue weighted by Gasteiger charge is 2.53. The number of hydrogen-bond acceptors (Lipinski definition) is 1. The van der Waals surface area contributed by atoms with Gasteiger partial charge >= 0.3 is 0 Å². The fourth-order valence-electron chi connectivity index (χ4n) is 1.53. The monoisotopic (exact) mass is 261 g/mol. The largest absolute Gasteiger partial charge is 0.348 e. The van der Waals surface area contributed by atoms with Crippen LogP contribution in [0.1, 0.15) is 0 Å². The zero-order valence-electron chi connectivity index (χ0n) is 8.96. The van der Waals surface area contributed by atoms with Gasteiger partial charge in [0.1, 0.15) is 12.7 Å². The van der Waals surface area contributed by atoms with Crippen LogP contribution in [-0.4, -0.2) is 34.5 Å². The minimum absolute atomic E-state index is 0.114. The number of carbonyl (C=O) groups is 1. The van der Waals surface area contributed by atoms with E-state index in [9.17, 15) is 4.79 Å². The number of nitrogens with zero attached hydrogens (tertiary/aromatic N) is 1. The minimum atomic E-state index is -1.04. The lowest BCUT2D eigenvalue weighted by Gasteiger charge is -2.46. The van der Waals surface area contributed by atoms with Crippen molar-refractivity contribution in [2.45, 2.75) is 4.46 Å². The Morgan fingerprint density at radius 2 is 2.12 bits per heavy atom. The van der Waals surface area contributed by atoms with Crippen molar-refractivity contribution >= 4 is 29.1 Å². The molecule has 0 aromatic carbocycles. The Kier molecular flexibility index (Phi) is 4.19. The predicted molar refractivity (Wildman–Crippen MR) is 67.0 cm³/mol. The Hall–Kier alpha value is -0.770. The van der Waals surface area contributed by atoms with Crippen molar-refractivity contribution in [1.82, 2.24) is 5.32 Å². The van der Waals surface area contributed by atoms with E-state index in [2.05, 4.69) is 18.5 Å². The molecule has 1 amide bonds. The first-order chi connectivity index (χ1) is 7.47. The molecule has 0 fully saturated rings. The van der Waals surface area contributed by atoms with E-state index in [1.165, 1.54) is 0 Å². The molecule has 5 heteroatoms. The van der Waals surface area contributed by atoms with Gasteiger partial charge in [0.2, 0.25) is 0 Å². The molecular formula is C11H15Cl2N2O+. The van der Waals surface area contributed by atoms with Gasteiger partial charge in [-0.05, 0) is 29.3 Å². The van der Waals surface area contributed by atoms with E-state index in [0.717, 1.165) is 0 Å². The Labute approximate surface area is 106 Å². The lowest BCUT2D eigenvalue weighted by Crippen LogP contribution is -2.63. The zero-order valence-corrected chi connectivity index (χ0v) is 10.5. The highest BCUT2D eigenvalue weighted by Crippen LogP contribution is 2.43. The molecule has 0 aromatic heterocycles. The normalized spacial score (nSPS) is 25.6. The van der Waals surface area contributed by atoms with Crippen molar-refractivity contribution < 1.29 is 9.28 Å². The number of amides is 1. The van der Waals surface area contributed by atoms with Gasteiger partial charge in [0.05, 0.1) is 6.08 Å². The number of rotatable bonds is 6. The average Bonchev–Trinajstić information content (AvgIpc) is 2.24. The first-order valence-corrected chi connectivity index (χ1v) is 5.66. The van der Waals surface area contributed by atoms with Gasteiger partial charge in [-0.3, -0.25) is 9.28 Å². The summed E-state index contributed by atoms with van der Waals surface area (Å²) < 4.78 is -0.859. The standard InChI is InChI=1S/C11H14Cl2N2O/c1-3-6-14-10(16)9-15(7-4-2)8-5-11(15,12)13/h3-5,8H,1-2,6-7,9H2/p+1. The molecule has 0 saturated carbocycles. The van der Waals surface area contributed by atoms with E-state index in [-0.39, 0.29) is 16.9 Å². The summed E-state index contributed by atoms with van der Waals surface area (Å²) in [5.41, 5.74) is 0. The summed E-state index contributed by atoms with van der Waals surface area (Å²) in [7, 11) is 0. The quantitative estimate of drug-likeness (QED) is 0.337. The molecule has 1 aliphatic heterocycles. The van der Waals surface area contributed by atoms with E-state index in [4.69, 9.17) is 23.2 Å². The van der Waals surface area contributed by atoms with Crippen LogP contribution in [-0.2, 0) is 4.79 Å². The van der Waals surface area contributed by atoms with Gasteiger partial charge in [-0.1, -0.05) is 12.7 Å². The summed E-state index contributed by atoms with van der Waals surface area (Å²) in [6.07, 6.45) is 6.80. The second-order valence-corrected chi connectivity index (χ2v) is 5.01. The van der Waals surface area contributed by atoms with Gasteiger partial charge < -0.3 is 5.32 Å². The Balaban J connectivity index is 2.67. The van der Waals surface area contributed by atoms with Gasteiger partial charge in [-0.25, -0.2) is 0 Å². The van der Waals surface area contributed by atoms with Gasteiger partial charge in [-0.15, -0.1) is 6.58 Å². The molecule has 0 saturated heterocycles. The number of nitrogens with one attached hydrogen (secondary N) is 1. The maximum atomic E-state index is 11.6. The van der Waals surface area contributed by atoms with E-state index < -0.39 is 4.46 Å². The molecule has 1 unspecified atom stereocenters. The Morgan fingerprint density at radius 3 is 2.50 bits per heavy atom. The van der Waals surface area contributed by atoms with Crippen molar-refractivity contribution in [2.75, 3.05) is 19.6 Å². The minimum Gasteiger partial charge on any atom is -0.348 e. The molecule has 0 radical (unpaired) electrons. The molecular weight excluding hydrogens is 247 g/mol. The van der Waals surface area contributed by atoms with Gasteiger partial charge in [0.25, 0.3) is 10.4 Å². The van der Waals surface area contributed by atoms with Crippen molar-refractivity contribution in [2.24, 2.45) is 0 Å². The molecule has 1 rings (SSSR count). The van der Waals surface area contributed by atoms with Gasteiger partial charge in [0, 0.05) is 6.54 Å². The van der Waals surface area contributed by atoms with Gasteiger partial charge in [-0.2, -0.15) is 0 Å². The smallest absolute Gasteiger partial charge is 0.280 e. The Bertz CT molecular complexity index is 339. The molecule has 3 nitrogen and oxygen atoms in total. The van der Waals surface area contributed by atoms with Crippen molar-refractivity contribution in [1.29, 1.82) is 0 Å². The van der Waals surface area contributed by atoms with Crippen LogP contribution in [0.3, 0.4) is 0 Å². The number of carbonyl (C=O) groups excluding carboxylic acids is 1. The van der Waals surface area contributed by atoms with Crippen LogP contribution in [0.4, 0.5) is 0 Å². The van der Waals surface area contributed by atoms with Crippen LogP contribution >= 0.6 is 23.2 Å². The fourth-order valence-corrected chi connectivity index (χ4v) is 2.01. The van der Waals surface area contributed by atoms with Crippen LogP contribution in [0.25, 0.3) is 0 Å². The first-order valence-electron chi connectivity index (χ1n) is 4.91. The molecule has 88 valence electrons. The van der Waals surface area contributed by atoms with E-state index in [1.54, 1.807) is 18.2 Å². The highest BCUT2D eigenvalue weighted by molar-refractivity contribution is 6.49. The second kappa shape index (κ2) is 5.04. The van der Waals surface area contributed by atoms with Crippen molar-refractivity contribution in [3.05, 3.63) is 37.6 Å². The van der Waals surface area contributed by atoms with Crippen LogP contribution in [0.2, 0.25) is 0 Å². The zero-order chi connectivity index (χ0) is 12.2. The summed E-state index contributed by atoms with van der Waals surface area (Å²) in [5, 5.41) is 2.69. The summed E-state index contributed by atoms with van der Waals surface area (Å²) in [5.74, 6) is -0.114. The average molecular weight is 262 g/mol. The summed E-state index contributed by atoms with van der Waals surface area (Å²) in [4.78, 5) is 11.6. The lowest BCUT2D eigenvalue weighted by molar-refractivity contribution is -0.900. The fraction of sp³-hybridized carbons (Fsp3) is 0.364. The molecule has 0 aliphatic carbocycles. The third-order valence-corrected chi connectivity index (χ3v) is 3.40. The third kappa shape index (κ3) is 2.48. The van der Waals surface area contributed by atoms with Crippen LogP contribution in [0, 0.1) is 0 Å². The topological polar surface area (TPSA) is 29.1 Å². The van der Waals surface area contributed by atoms with Crippen LogP contribution in [0.15, 0.2) is 37.6 Å². The first kappa shape index (κ1) is 13.3. The van der Waals surface area contributed by atoms with E-state index >= 15 is 0 Å². The molecule has 1 aliphatic rings. The summed E-state index contributed by atoms with van der Waals surface area (Å²) in [6, 6.07) is 0.